The minimum atomic E-state index is -1.98. The summed E-state index contributed by atoms with van der Waals surface area (Å²) >= 11 is 0. The highest BCUT2D eigenvalue weighted by Crippen LogP contribution is 2.40. The Bertz CT molecular complexity index is 562. The average Bonchev–Trinajstić information content (AvgIpc) is 2.69. The molecule has 34 heavy (non-hydrogen) atoms. The van der Waals surface area contributed by atoms with E-state index in [4.69, 9.17) is 4.43 Å². The largest absolute Gasteiger partial charge is 0.423 e. The van der Waals surface area contributed by atoms with Gasteiger partial charge in [-0.2, -0.15) is 0 Å². The normalized spacial score (nSPS) is 18.7. The molecule has 1 fully saturated rings. The third-order valence-electron chi connectivity index (χ3n) is 8.23. The standard InChI is InChI=1S/C27H60O3Si4/c1-11-12-13-14-18-21-26(22-25(28)23-27(29)24-19-16-15-17-20-24)30-34(31(2,3)4,32(5,6)7)33(8,9)10/h24,26-27,29H,11-23H2,1-10H3/t26-,27+/m1/s1. The number of aliphatic hydroxyl groups is 1. The minimum absolute atomic E-state index is 0.0597. The average molecular weight is 545 g/mol. The van der Waals surface area contributed by atoms with Crippen molar-refractivity contribution in [1.82, 2.24) is 0 Å². The summed E-state index contributed by atoms with van der Waals surface area (Å²) in [5.41, 5.74) is 0. The first-order chi connectivity index (χ1) is 15.6. The number of hydrogen-bond acceptors (Lipinski definition) is 3. The number of Topliss-reactive ketones (excluding diaryl/α,β-unsaturated/α-hetero) is 1. The molecule has 1 saturated carbocycles. The van der Waals surface area contributed by atoms with E-state index in [0.717, 1.165) is 25.7 Å². The van der Waals surface area contributed by atoms with Gasteiger partial charge < -0.3 is 9.53 Å². The summed E-state index contributed by atoms with van der Waals surface area (Å²) < 4.78 is 7.56. The third kappa shape index (κ3) is 9.09. The van der Waals surface area contributed by atoms with Crippen LogP contribution >= 0.6 is 0 Å². The van der Waals surface area contributed by atoms with Crippen molar-refractivity contribution in [2.75, 3.05) is 0 Å². The van der Waals surface area contributed by atoms with Gasteiger partial charge in [0.25, 0.3) is 0 Å². The lowest BCUT2D eigenvalue weighted by atomic mass is 9.83. The van der Waals surface area contributed by atoms with Crippen LogP contribution < -0.4 is 0 Å². The van der Waals surface area contributed by atoms with E-state index < -0.39 is 35.7 Å². The van der Waals surface area contributed by atoms with Gasteiger partial charge in [-0.15, -0.1) is 0 Å². The first-order valence-corrected chi connectivity index (χ1v) is 29.8. The summed E-state index contributed by atoms with van der Waals surface area (Å²) in [4.78, 5) is 13.3. The Morgan fingerprint density at radius 2 is 1.29 bits per heavy atom. The second-order valence-corrected chi connectivity index (χ2v) is 53.7. The summed E-state index contributed by atoms with van der Waals surface area (Å²) in [6.45, 7) is 23.3. The zero-order chi connectivity index (χ0) is 26.2. The van der Waals surface area contributed by atoms with Crippen LogP contribution in [0.4, 0.5) is 0 Å². The molecule has 0 aromatic rings. The van der Waals surface area contributed by atoms with E-state index in [9.17, 15) is 9.90 Å². The van der Waals surface area contributed by atoms with Crippen molar-refractivity contribution in [3.05, 3.63) is 0 Å². The number of ketones is 1. The molecular weight excluding hydrogens is 485 g/mol. The van der Waals surface area contributed by atoms with Crippen LogP contribution in [0.15, 0.2) is 0 Å². The molecule has 1 N–H and O–H groups in total. The molecule has 0 spiro atoms. The second-order valence-electron chi connectivity index (χ2n) is 14.3. The highest BCUT2D eigenvalue weighted by atomic mass is 29.9. The van der Waals surface area contributed by atoms with Gasteiger partial charge in [0.1, 0.15) is 5.78 Å². The monoisotopic (exact) mass is 544 g/mol. The summed E-state index contributed by atoms with van der Waals surface area (Å²) in [7, 11) is -4.68. The van der Waals surface area contributed by atoms with Crippen molar-refractivity contribution in [2.24, 2.45) is 5.92 Å². The summed E-state index contributed by atoms with van der Waals surface area (Å²) in [6.07, 6.45) is 13.6. The van der Waals surface area contributed by atoms with E-state index in [0.29, 0.717) is 18.8 Å². The maximum atomic E-state index is 13.3. The van der Waals surface area contributed by atoms with Gasteiger partial charge in [0.2, 0.25) is 0 Å². The number of unbranched alkanes of at least 4 members (excludes halogenated alkanes) is 4. The molecule has 7 heteroatoms. The first kappa shape index (κ1) is 32.5. The number of hydrogen-bond donors (Lipinski definition) is 1. The molecule has 1 aliphatic carbocycles. The van der Waals surface area contributed by atoms with E-state index in [1.165, 1.54) is 44.9 Å². The molecule has 1 aliphatic rings. The van der Waals surface area contributed by atoms with Gasteiger partial charge in [-0.25, -0.2) is 0 Å². The lowest BCUT2D eigenvalue weighted by Crippen LogP contribution is -2.84. The molecule has 0 saturated heterocycles. The highest BCUT2D eigenvalue weighted by molar-refractivity contribution is 7.87. The van der Waals surface area contributed by atoms with Crippen LogP contribution in [0.2, 0.25) is 58.9 Å². The Kier molecular flexibility index (Phi) is 13.2. The van der Waals surface area contributed by atoms with Gasteiger partial charge >= 0.3 is 0 Å². The lowest BCUT2D eigenvalue weighted by molar-refractivity contribution is -0.123. The fourth-order valence-electron chi connectivity index (χ4n) is 7.59. The zero-order valence-electron chi connectivity index (χ0n) is 24.7. The Balaban J connectivity index is 3.09. The summed E-state index contributed by atoms with van der Waals surface area (Å²) in [6, 6.07) is 0. The molecule has 0 aliphatic heterocycles. The van der Waals surface area contributed by atoms with Gasteiger partial charge in [0.05, 0.1) is 35.0 Å². The van der Waals surface area contributed by atoms with E-state index in [1.54, 1.807) is 0 Å². The van der Waals surface area contributed by atoms with Crippen LogP contribution in [0.25, 0.3) is 0 Å². The third-order valence-corrected chi connectivity index (χ3v) is 75.8. The van der Waals surface area contributed by atoms with Crippen molar-refractivity contribution in [3.8, 4) is 0 Å². The topological polar surface area (TPSA) is 46.5 Å². The summed E-state index contributed by atoms with van der Waals surface area (Å²) in [5.74, 6) is 0.562. The molecule has 0 unspecified atom stereocenters. The molecule has 0 aromatic carbocycles. The van der Waals surface area contributed by atoms with E-state index in [2.05, 4.69) is 65.8 Å². The Morgan fingerprint density at radius 3 is 1.76 bits per heavy atom. The quantitative estimate of drug-likeness (QED) is 0.157. The van der Waals surface area contributed by atoms with Gasteiger partial charge in [-0.05, 0) is 25.2 Å². The maximum Gasteiger partial charge on any atom is 0.158 e. The predicted octanol–water partition coefficient (Wildman–Crippen LogP) is 8.22. The molecule has 0 radical (unpaired) electrons. The van der Waals surface area contributed by atoms with Gasteiger partial charge in [-0.1, -0.05) is 117 Å². The van der Waals surface area contributed by atoms with Crippen molar-refractivity contribution in [1.29, 1.82) is 0 Å². The smallest absolute Gasteiger partial charge is 0.158 e. The van der Waals surface area contributed by atoms with Crippen LogP contribution in [-0.4, -0.2) is 52.7 Å². The van der Waals surface area contributed by atoms with Crippen molar-refractivity contribution < 1.29 is 14.3 Å². The predicted molar refractivity (Wildman–Crippen MR) is 161 cm³/mol. The van der Waals surface area contributed by atoms with Crippen LogP contribution in [0, 0.1) is 5.92 Å². The molecule has 2 atom stereocenters. The van der Waals surface area contributed by atoms with E-state index >= 15 is 0 Å². The Hall–Kier alpha value is 0.458. The molecule has 0 aromatic heterocycles. The van der Waals surface area contributed by atoms with Crippen molar-refractivity contribution in [3.63, 3.8) is 0 Å². The van der Waals surface area contributed by atoms with Crippen molar-refractivity contribution in [2.45, 2.75) is 162 Å². The molecule has 0 amide bonds. The van der Waals surface area contributed by atoms with Crippen LogP contribution in [0.5, 0.6) is 0 Å². The minimum Gasteiger partial charge on any atom is -0.423 e. The number of carbonyl (C=O) groups excluding carboxylic acids is 1. The molecule has 0 bridgehead atoms. The maximum absolute atomic E-state index is 13.3. The summed E-state index contributed by atoms with van der Waals surface area (Å²) in [5, 5.41) is 10.8. The molecule has 202 valence electrons. The van der Waals surface area contributed by atoms with Crippen molar-refractivity contribution >= 4 is 35.4 Å². The zero-order valence-corrected chi connectivity index (χ0v) is 28.7. The lowest BCUT2D eigenvalue weighted by Gasteiger charge is -2.57. The molecule has 0 heterocycles. The fraction of sp³-hybridized carbons (Fsp3) is 0.963. The number of aliphatic hydroxyl groups excluding tert-OH is 1. The Morgan fingerprint density at radius 1 is 0.794 bits per heavy atom. The number of carbonyl (C=O) groups is 1. The fourth-order valence-corrected chi connectivity index (χ4v) is 102. The molecular formula is C27H60O3Si4. The Labute approximate surface area is 216 Å². The van der Waals surface area contributed by atoms with Gasteiger partial charge in [0.15, 0.2) is 6.87 Å². The molecule has 1 rings (SSSR count). The van der Waals surface area contributed by atoms with Crippen LogP contribution in [0.1, 0.15) is 90.4 Å². The highest BCUT2D eigenvalue weighted by Gasteiger charge is 2.64. The van der Waals surface area contributed by atoms with Crippen LogP contribution in [-0.2, 0) is 9.22 Å². The van der Waals surface area contributed by atoms with Crippen LogP contribution in [0.3, 0.4) is 0 Å². The van der Waals surface area contributed by atoms with Gasteiger partial charge in [0, 0.05) is 12.8 Å². The van der Waals surface area contributed by atoms with Gasteiger partial charge in [-0.3, -0.25) is 4.79 Å². The second kappa shape index (κ2) is 13.8. The van der Waals surface area contributed by atoms with E-state index in [1.807, 2.05) is 0 Å². The van der Waals surface area contributed by atoms with E-state index in [-0.39, 0.29) is 11.9 Å². The number of rotatable bonds is 16. The first-order valence-electron chi connectivity index (χ1n) is 14.4. The SMILES string of the molecule is CCCCCCC[C@H](CC(=O)C[C@H](O)C1CCCCC1)O[Si]([Si](C)(C)C)([Si](C)(C)C)[Si](C)(C)C. The molecule has 3 nitrogen and oxygen atoms in total.